The molecular weight excluding hydrogens is 452 g/mol. The number of aromatic nitrogens is 1. The minimum Gasteiger partial charge on any atom is -0.507 e. The van der Waals surface area contributed by atoms with Crippen LogP contribution in [0.25, 0.3) is 5.76 Å². The van der Waals surface area contributed by atoms with Gasteiger partial charge in [-0.2, -0.15) is 0 Å². The number of halogens is 1. The molecule has 34 heavy (non-hydrogen) atoms. The van der Waals surface area contributed by atoms with Gasteiger partial charge in [-0.3, -0.25) is 19.5 Å². The number of anilines is 1. The highest BCUT2D eigenvalue weighted by Gasteiger charge is 2.47. The van der Waals surface area contributed by atoms with E-state index in [1.165, 1.54) is 4.90 Å². The van der Waals surface area contributed by atoms with Crippen molar-refractivity contribution in [3.8, 4) is 5.75 Å². The molecule has 0 spiro atoms. The van der Waals surface area contributed by atoms with Crippen LogP contribution in [0.3, 0.4) is 0 Å². The lowest BCUT2D eigenvalue weighted by atomic mass is 9.96. The van der Waals surface area contributed by atoms with Gasteiger partial charge in [0.15, 0.2) is 0 Å². The van der Waals surface area contributed by atoms with Crippen LogP contribution in [0.4, 0.5) is 5.69 Å². The number of carbonyl (C=O) groups is 2. The molecule has 4 rings (SSSR count). The number of benzene rings is 2. The minimum atomic E-state index is -0.870. The number of aliphatic hydroxyl groups excluding tert-OH is 1. The van der Waals surface area contributed by atoms with Crippen molar-refractivity contribution in [2.45, 2.75) is 32.7 Å². The van der Waals surface area contributed by atoms with Gasteiger partial charge in [0.2, 0.25) is 0 Å². The Morgan fingerprint density at radius 1 is 1.15 bits per heavy atom. The van der Waals surface area contributed by atoms with Crippen molar-refractivity contribution >= 4 is 34.7 Å². The number of ether oxygens (including phenoxy) is 1. The Balaban J connectivity index is 1.91. The molecule has 1 aliphatic rings. The number of pyridine rings is 1. The lowest BCUT2D eigenvalue weighted by Gasteiger charge is -2.25. The van der Waals surface area contributed by atoms with Gasteiger partial charge in [-0.25, -0.2) is 0 Å². The molecule has 3 aromatic rings. The maximum absolute atomic E-state index is 13.3. The third kappa shape index (κ3) is 4.29. The average Bonchev–Trinajstić information content (AvgIpc) is 3.11. The molecule has 1 amide bonds. The van der Waals surface area contributed by atoms with E-state index < -0.39 is 17.7 Å². The second kappa shape index (κ2) is 9.69. The number of Topliss-reactive ketones (excluding diaryl/α,β-unsaturated/α-hetero) is 1. The molecule has 1 fully saturated rings. The summed E-state index contributed by atoms with van der Waals surface area (Å²) in [6.07, 6.45) is 3.19. The van der Waals surface area contributed by atoms with Crippen LogP contribution < -0.4 is 9.64 Å². The summed E-state index contributed by atoms with van der Waals surface area (Å²) in [4.78, 5) is 32.1. The van der Waals surface area contributed by atoms with Gasteiger partial charge < -0.3 is 9.84 Å². The molecule has 6 nitrogen and oxygen atoms in total. The Hall–Kier alpha value is -3.64. The zero-order valence-corrected chi connectivity index (χ0v) is 19.9. The molecule has 2 heterocycles. The number of nitrogens with zero attached hydrogens (tertiary/aromatic N) is 2. The van der Waals surface area contributed by atoms with Gasteiger partial charge in [0.25, 0.3) is 11.7 Å². The number of ketones is 1. The second-order valence-electron chi connectivity index (χ2n) is 8.28. The average molecular weight is 477 g/mol. The molecule has 0 saturated carbocycles. The Morgan fingerprint density at radius 2 is 1.88 bits per heavy atom. The molecule has 2 aromatic carbocycles. The summed E-state index contributed by atoms with van der Waals surface area (Å²) in [5, 5.41) is 11.5. The molecule has 0 bridgehead atoms. The third-order valence-corrected chi connectivity index (χ3v) is 6.12. The number of hydrogen-bond acceptors (Lipinski definition) is 5. The number of hydrogen-bond donors (Lipinski definition) is 1. The third-order valence-electron chi connectivity index (χ3n) is 5.79. The predicted molar refractivity (Wildman–Crippen MR) is 132 cm³/mol. The number of carbonyl (C=O) groups excluding carboxylic acids is 2. The molecule has 1 aliphatic heterocycles. The fourth-order valence-corrected chi connectivity index (χ4v) is 4.27. The minimum absolute atomic E-state index is 0.0542. The summed E-state index contributed by atoms with van der Waals surface area (Å²) in [7, 11) is 0. The maximum Gasteiger partial charge on any atom is 0.300 e. The summed E-state index contributed by atoms with van der Waals surface area (Å²) >= 11 is 6.38. The van der Waals surface area contributed by atoms with Crippen molar-refractivity contribution in [2.24, 2.45) is 0 Å². The first-order valence-electron chi connectivity index (χ1n) is 11.1. The smallest absolute Gasteiger partial charge is 0.300 e. The summed E-state index contributed by atoms with van der Waals surface area (Å²) in [6.45, 7) is 6.43. The van der Waals surface area contributed by atoms with Gasteiger partial charge in [-0.1, -0.05) is 43.6 Å². The van der Waals surface area contributed by atoms with E-state index in [-0.39, 0.29) is 21.9 Å². The normalized spacial score (nSPS) is 17.4. The number of amides is 1. The van der Waals surface area contributed by atoms with E-state index in [1.807, 2.05) is 31.2 Å². The van der Waals surface area contributed by atoms with Gasteiger partial charge in [-0.05, 0) is 60.4 Å². The highest BCUT2D eigenvalue weighted by Crippen LogP contribution is 2.43. The molecular formula is C27H25ClN2O4. The van der Waals surface area contributed by atoms with Crippen LogP contribution in [0.15, 0.2) is 72.6 Å². The van der Waals surface area contributed by atoms with Crippen molar-refractivity contribution < 1.29 is 19.4 Å². The van der Waals surface area contributed by atoms with Gasteiger partial charge in [-0.15, -0.1) is 0 Å². The summed E-state index contributed by atoms with van der Waals surface area (Å²) in [5.41, 5.74) is 2.41. The van der Waals surface area contributed by atoms with Crippen LogP contribution in [-0.2, 0) is 9.59 Å². The zero-order chi connectivity index (χ0) is 24.4. The van der Waals surface area contributed by atoms with Crippen molar-refractivity contribution in [3.63, 3.8) is 0 Å². The van der Waals surface area contributed by atoms with Crippen molar-refractivity contribution in [2.75, 3.05) is 11.5 Å². The predicted octanol–water partition coefficient (Wildman–Crippen LogP) is 5.88. The summed E-state index contributed by atoms with van der Waals surface area (Å²) in [6, 6.07) is 14.9. The fraction of sp³-hybridized carbons (Fsp3) is 0.222. The first-order valence-corrected chi connectivity index (χ1v) is 11.4. The molecule has 1 aromatic heterocycles. The maximum atomic E-state index is 13.3. The van der Waals surface area contributed by atoms with Crippen LogP contribution in [0, 0.1) is 0 Å². The Labute approximate surface area is 203 Å². The molecule has 7 heteroatoms. The van der Waals surface area contributed by atoms with Crippen LogP contribution in [0.1, 0.15) is 49.4 Å². The Bertz CT molecular complexity index is 1250. The van der Waals surface area contributed by atoms with E-state index in [4.69, 9.17) is 16.3 Å². The standard InChI is InChI=1S/C27H25ClN2O4/c1-4-34-20-11-12-22(28)21(14-20)25(31)23-24(18-6-5-13-29-15-18)30(27(33)26(23)32)19-9-7-17(8-10-19)16(2)3/h5-16,24,31H,4H2,1-3H3/b25-23+. The number of rotatable bonds is 6. The molecule has 1 unspecified atom stereocenters. The molecule has 0 radical (unpaired) electrons. The van der Waals surface area contributed by atoms with E-state index in [9.17, 15) is 14.7 Å². The van der Waals surface area contributed by atoms with Crippen LogP contribution in [0.5, 0.6) is 5.75 Å². The van der Waals surface area contributed by atoms with Crippen molar-refractivity contribution in [3.05, 3.63) is 94.3 Å². The van der Waals surface area contributed by atoms with Crippen LogP contribution >= 0.6 is 11.6 Å². The quantitative estimate of drug-likeness (QED) is 0.273. The molecule has 0 aliphatic carbocycles. The largest absolute Gasteiger partial charge is 0.507 e. The topological polar surface area (TPSA) is 79.7 Å². The highest BCUT2D eigenvalue weighted by molar-refractivity contribution is 6.52. The van der Waals surface area contributed by atoms with E-state index >= 15 is 0 Å². The van der Waals surface area contributed by atoms with E-state index in [1.54, 1.807) is 42.7 Å². The van der Waals surface area contributed by atoms with E-state index in [0.29, 0.717) is 29.5 Å². The fourth-order valence-electron chi connectivity index (χ4n) is 4.06. The lowest BCUT2D eigenvalue weighted by Crippen LogP contribution is -2.29. The second-order valence-corrected chi connectivity index (χ2v) is 8.68. The molecule has 1 atom stereocenters. The Kier molecular flexibility index (Phi) is 6.70. The monoisotopic (exact) mass is 476 g/mol. The summed E-state index contributed by atoms with van der Waals surface area (Å²) < 4.78 is 5.53. The first kappa shape index (κ1) is 23.5. The zero-order valence-electron chi connectivity index (χ0n) is 19.2. The SMILES string of the molecule is CCOc1ccc(Cl)c(/C(O)=C2\C(=O)C(=O)N(c3ccc(C(C)C)cc3)C2c2cccnc2)c1. The Morgan fingerprint density at radius 3 is 2.50 bits per heavy atom. The van der Waals surface area contributed by atoms with Crippen LogP contribution in [0.2, 0.25) is 5.02 Å². The van der Waals surface area contributed by atoms with Gasteiger partial charge >= 0.3 is 0 Å². The molecule has 174 valence electrons. The summed E-state index contributed by atoms with van der Waals surface area (Å²) in [5.74, 6) is -1.08. The van der Waals surface area contributed by atoms with Gasteiger partial charge in [0, 0.05) is 23.6 Å². The van der Waals surface area contributed by atoms with E-state index in [0.717, 1.165) is 5.56 Å². The van der Waals surface area contributed by atoms with Gasteiger partial charge in [0.1, 0.15) is 11.5 Å². The lowest BCUT2D eigenvalue weighted by molar-refractivity contribution is -0.132. The highest BCUT2D eigenvalue weighted by atomic mass is 35.5. The van der Waals surface area contributed by atoms with Crippen molar-refractivity contribution in [1.29, 1.82) is 0 Å². The van der Waals surface area contributed by atoms with Crippen LogP contribution in [-0.4, -0.2) is 28.4 Å². The number of aliphatic hydroxyl groups is 1. The first-order chi connectivity index (χ1) is 16.3. The van der Waals surface area contributed by atoms with E-state index in [2.05, 4.69) is 18.8 Å². The molecule has 1 N–H and O–H groups in total. The van der Waals surface area contributed by atoms with Gasteiger partial charge in [0.05, 0.1) is 23.2 Å². The molecule has 1 saturated heterocycles. The van der Waals surface area contributed by atoms with Crippen molar-refractivity contribution in [1.82, 2.24) is 4.98 Å².